The number of nitrogens with one attached hydrogen (secondary N) is 1. The number of hydrazone groups is 1. The van der Waals surface area contributed by atoms with Crippen LogP contribution in [0, 0.1) is 6.92 Å². The molecule has 0 aliphatic rings. The van der Waals surface area contributed by atoms with Crippen LogP contribution in [0.5, 0.6) is 0 Å². The zero-order valence-corrected chi connectivity index (χ0v) is 19.9. The monoisotopic (exact) mass is 495 g/mol. The molecule has 1 aromatic heterocycles. The minimum absolute atomic E-state index is 0.123. The molecule has 0 unspecified atom stereocenters. The molecule has 0 aliphatic heterocycles. The highest BCUT2D eigenvalue weighted by atomic mass is 35.5. The van der Waals surface area contributed by atoms with Crippen molar-refractivity contribution in [3.05, 3.63) is 94.0 Å². The molecule has 0 spiro atoms. The number of aryl methyl sites for hydroxylation is 1. The minimum Gasteiger partial charge on any atom is -0.272 e. The predicted octanol–water partition coefficient (Wildman–Crippen LogP) is 5.79. The topological polar surface area (TPSA) is 72.2 Å². The Bertz CT molecular complexity index is 1270. The molecule has 4 aromatic rings. The van der Waals surface area contributed by atoms with Gasteiger partial charge in [-0.05, 0) is 48.9 Å². The molecular formula is C24H19Cl2N5OS. The molecule has 33 heavy (non-hydrogen) atoms. The first-order valence-electron chi connectivity index (χ1n) is 9.98. The van der Waals surface area contributed by atoms with E-state index in [4.69, 9.17) is 23.2 Å². The maximum Gasteiger partial charge on any atom is 0.250 e. The van der Waals surface area contributed by atoms with Crippen LogP contribution in [0.2, 0.25) is 10.0 Å². The highest BCUT2D eigenvalue weighted by molar-refractivity contribution is 7.99. The van der Waals surface area contributed by atoms with Gasteiger partial charge >= 0.3 is 0 Å². The highest BCUT2D eigenvalue weighted by Gasteiger charge is 2.17. The lowest BCUT2D eigenvalue weighted by Crippen LogP contribution is -2.20. The van der Waals surface area contributed by atoms with Crippen LogP contribution in [0.25, 0.3) is 17.1 Å². The number of aromatic nitrogens is 3. The summed E-state index contributed by atoms with van der Waals surface area (Å²) in [5.74, 6) is 0.547. The normalized spacial score (nSPS) is 11.1. The molecule has 3 aromatic carbocycles. The summed E-state index contributed by atoms with van der Waals surface area (Å²) < 4.78 is 1.91. The summed E-state index contributed by atoms with van der Waals surface area (Å²) in [6.45, 7) is 2.03. The Morgan fingerprint density at radius 1 is 0.970 bits per heavy atom. The van der Waals surface area contributed by atoms with E-state index in [0.29, 0.717) is 21.0 Å². The van der Waals surface area contributed by atoms with Crippen LogP contribution in [0.15, 0.2) is 83.1 Å². The van der Waals surface area contributed by atoms with Gasteiger partial charge < -0.3 is 0 Å². The summed E-state index contributed by atoms with van der Waals surface area (Å²) in [5, 5.41) is 14.6. The van der Waals surface area contributed by atoms with Crippen LogP contribution >= 0.6 is 35.0 Å². The fourth-order valence-corrected chi connectivity index (χ4v) is 3.96. The fourth-order valence-electron chi connectivity index (χ4n) is 2.97. The molecule has 0 bridgehead atoms. The Hall–Kier alpha value is -3.13. The van der Waals surface area contributed by atoms with Gasteiger partial charge in [-0.25, -0.2) is 5.43 Å². The second-order valence-electron chi connectivity index (χ2n) is 7.12. The second kappa shape index (κ2) is 10.7. The Kier molecular flexibility index (Phi) is 7.44. The van der Waals surface area contributed by atoms with Crippen molar-refractivity contribution in [2.75, 3.05) is 5.75 Å². The van der Waals surface area contributed by atoms with E-state index >= 15 is 0 Å². The Morgan fingerprint density at radius 2 is 1.61 bits per heavy atom. The van der Waals surface area contributed by atoms with Crippen LogP contribution < -0.4 is 5.43 Å². The number of nitrogens with zero attached hydrogens (tertiary/aromatic N) is 4. The number of benzene rings is 3. The van der Waals surface area contributed by atoms with Gasteiger partial charge in [-0.15, -0.1) is 10.2 Å². The molecule has 0 radical (unpaired) electrons. The number of amides is 1. The number of halogens is 2. The third-order valence-corrected chi connectivity index (χ3v) is 6.07. The first kappa shape index (κ1) is 23.0. The molecule has 0 saturated heterocycles. The molecule has 1 N–H and O–H groups in total. The van der Waals surface area contributed by atoms with Crippen LogP contribution in [-0.4, -0.2) is 32.6 Å². The maximum absolute atomic E-state index is 12.3. The van der Waals surface area contributed by atoms with E-state index in [9.17, 15) is 4.79 Å². The molecule has 1 heterocycles. The van der Waals surface area contributed by atoms with Crippen molar-refractivity contribution < 1.29 is 4.79 Å². The van der Waals surface area contributed by atoms with Gasteiger partial charge in [0.05, 0.1) is 12.0 Å². The molecule has 6 nitrogen and oxygen atoms in total. The largest absolute Gasteiger partial charge is 0.272 e. The lowest BCUT2D eigenvalue weighted by Gasteiger charge is -2.10. The Morgan fingerprint density at radius 3 is 2.27 bits per heavy atom. The average Bonchev–Trinajstić information content (AvgIpc) is 3.24. The third-order valence-electron chi connectivity index (χ3n) is 4.63. The predicted molar refractivity (Wildman–Crippen MR) is 134 cm³/mol. The van der Waals surface area contributed by atoms with Gasteiger partial charge in [-0.3, -0.25) is 9.36 Å². The van der Waals surface area contributed by atoms with E-state index in [0.717, 1.165) is 22.4 Å². The van der Waals surface area contributed by atoms with Gasteiger partial charge in [-0.2, -0.15) is 5.10 Å². The molecular weight excluding hydrogens is 477 g/mol. The molecule has 0 fully saturated rings. The first-order valence-corrected chi connectivity index (χ1v) is 11.7. The molecule has 4 rings (SSSR count). The number of hydrogen-bond acceptors (Lipinski definition) is 5. The van der Waals surface area contributed by atoms with Crippen LogP contribution in [0.1, 0.15) is 11.1 Å². The lowest BCUT2D eigenvalue weighted by molar-refractivity contribution is -0.118. The Balaban J connectivity index is 1.51. The maximum atomic E-state index is 12.3. The van der Waals surface area contributed by atoms with E-state index in [1.165, 1.54) is 11.8 Å². The van der Waals surface area contributed by atoms with Gasteiger partial charge in [0.2, 0.25) is 0 Å². The third kappa shape index (κ3) is 6.01. The van der Waals surface area contributed by atoms with Crippen molar-refractivity contribution in [2.45, 2.75) is 12.1 Å². The molecule has 1 amide bonds. The number of carbonyl (C=O) groups excluding carboxylic acids is 1. The second-order valence-corrected chi connectivity index (χ2v) is 8.93. The summed E-state index contributed by atoms with van der Waals surface area (Å²) in [7, 11) is 0. The van der Waals surface area contributed by atoms with E-state index in [-0.39, 0.29) is 11.7 Å². The van der Waals surface area contributed by atoms with Gasteiger partial charge in [0.25, 0.3) is 5.91 Å². The standard InChI is InChI=1S/C24H19Cl2N5OS/c1-16-2-6-18(7-3-16)23-29-30-24(31(23)21-12-10-20(26)11-13-21)33-15-22(32)28-27-14-17-4-8-19(25)9-5-17/h2-14H,15H2,1H3,(H,28,32). The van der Waals surface area contributed by atoms with Crippen molar-refractivity contribution in [3.63, 3.8) is 0 Å². The van der Waals surface area contributed by atoms with Gasteiger partial charge in [0, 0.05) is 21.3 Å². The fraction of sp³-hybridized carbons (Fsp3) is 0.0833. The van der Waals surface area contributed by atoms with Crippen molar-refractivity contribution in [1.29, 1.82) is 0 Å². The molecule has 0 saturated carbocycles. The molecule has 0 atom stereocenters. The SMILES string of the molecule is Cc1ccc(-c2nnc(SCC(=O)NN=Cc3ccc(Cl)cc3)n2-c2ccc(Cl)cc2)cc1. The van der Waals surface area contributed by atoms with Crippen molar-refractivity contribution >= 4 is 47.1 Å². The first-order chi connectivity index (χ1) is 16.0. The smallest absolute Gasteiger partial charge is 0.250 e. The Labute approximate surface area is 205 Å². The van der Waals surface area contributed by atoms with Crippen LogP contribution in [-0.2, 0) is 4.79 Å². The quantitative estimate of drug-likeness (QED) is 0.200. The summed E-state index contributed by atoms with van der Waals surface area (Å²) in [5.41, 5.74) is 6.29. The zero-order valence-electron chi connectivity index (χ0n) is 17.6. The van der Waals surface area contributed by atoms with Crippen molar-refractivity contribution in [1.82, 2.24) is 20.2 Å². The summed E-state index contributed by atoms with van der Waals surface area (Å²) >= 11 is 13.2. The number of rotatable bonds is 7. The number of hydrogen-bond donors (Lipinski definition) is 1. The highest BCUT2D eigenvalue weighted by Crippen LogP contribution is 2.28. The zero-order chi connectivity index (χ0) is 23.2. The van der Waals surface area contributed by atoms with Crippen molar-refractivity contribution in [3.8, 4) is 17.1 Å². The average molecular weight is 496 g/mol. The van der Waals surface area contributed by atoms with Crippen LogP contribution in [0.4, 0.5) is 0 Å². The van der Waals surface area contributed by atoms with Gasteiger partial charge in [-0.1, -0.05) is 76.9 Å². The molecule has 0 aliphatic carbocycles. The van der Waals surface area contributed by atoms with E-state index < -0.39 is 0 Å². The van der Waals surface area contributed by atoms with Crippen LogP contribution in [0.3, 0.4) is 0 Å². The minimum atomic E-state index is -0.257. The van der Waals surface area contributed by atoms with Gasteiger partial charge in [0.1, 0.15) is 0 Å². The molecule has 9 heteroatoms. The van der Waals surface area contributed by atoms with Gasteiger partial charge in [0.15, 0.2) is 11.0 Å². The summed E-state index contributed by atoms with van der Waals surface area (Å²) in [4.78, 5) is 12.3. The van der Waals surface area contributed by atoms with E-state index in [1.54, 1.807) is 18.3 Å². The van der Waals surface area contributed by atoms with E-state index in [2.05, 4.69) is 20.7 Å². The van der Waals surface area contributed by atoms with E-state index in [1.807, 2.05) is 72.2 Å². The lowest BCUT2D eigenvalue weighted by atomic mass is 10.1. The molecule has 166 valence electrons. The number of thioether (sulfide) groups is 1. The summed E-state index contributed by atoms with van der Waals surface area (Å²) in [6.07, 6.45) is 1.56. The van der Waals surface area contributed by atoms with Crippen molar-refractivity contribution in [2.24, 2.45) is 5.10 Å². The summed E-state index contributed by atoms with van der Waals surface area (Å²) in [6, 6.07) is 22.6. The number of carbonyl (C=O) groups is 1.